The average molecular weight is 338 g/mol. The van der Waals surface area contributed by atoms with Gasteiger partial charge >= 0.3 is 5.97 Å². The normalized spacial score (nSPS) is 21.8. The maximum absolute atomic E-state index is 12.6. The van der Waals surface area contributed by atoms with E-state index < -0.39 is 5.54 Å². The highest BCUT2D eigenvalue weighted by Gasteiger charge is 2.44. The lowest BCUT2D eigenvalue weighted by Crippen LogP contribution is -2.64. The molecule has 1 heterocycles. The predicted octanol–water partition coefficient (Wildman–Crippen LogP) is 2.94. The van der Waals surface area contributed by atoms with Crippen LogP contribution in [-0.4, -0.2) is 48.1 Å². The minimum absolute atomic E-state index is 0.166. The van der Waals surface area contributed by atoms with Gasteiger partial charge in [-0.2, -0.15) is 0 Å². The number of nitrogens with zero attached hydrogens (tertiary/aromatic N) is 2. The van der Waals surface area contributed by atoms with Gasteiger partial charge in [0.2, 0.25) is 0 Å². The summed E-state index contributed by atoms with van der Waals surface area (Å²) in [5.41, 5.74) is 1.85. The highest BCUT2D eigenvalue weighted by Crippen LogP contribution is 2.26. The van der Waals surface area contributed by atoms with Crippen molar-refractivity contribution < 1.29 is 9.53 Å². The molecule has 0 radical (unpaired) electrons. The molecule has 1 aliphatic heterocycles. The van der Waals surface area contributed by atoms with Crippen LogP contribution < -0.4 is 0 Å². The zero-order valence-corrected chi connectivity index (χ0v) is 15.0. The van der Waals surface area contributed by atoms with E-state index in [1.54, 1.807) is 0 Å². The Morgan fingerprint density at radius 3 is 2.08 bits per heavy atom. The SMILES string of the molecule is COC(=O)C1(C)CN(Cc2ccccc2)CCN1Cc1ccccc1. The first-order valence-electron chi connectivity index (χ1n) is 8.75. The van der Waals surface area contributed by atoms with Gasteiger partial charge in [0.25, 0.3) is 0 Å². The summed E-state index contributed by atoms with van der Waals surface area (Å²) in [4.78, 5) is 17.2. The first-order chi connectivity index (χ1) is 12.1. The van der Waals surface area contributed by atoms with Gasteiger partial charge in [-0.1, -0.05) is 60.7 Å². The molecule has 0 N–H and O–H groups in total. The van der Waals surface area contributed by atoms with Crippen LogP contribution in [0.5, 0.6) is 0 Å². The Kier molecular flexibility index (Phi) is 5.51. The van der Waals surface area contributed by atoms with Crippen LogP contribution in [0.15, 0.2) is 60.7 Å². The minimum Gasteiger partial charge on any atom is -0.468 e. The van der Waals surface area contributed by atoms with Crippen LogP contribution in [0.2, 0.25) is 0 Å². The molecule has 4 nitrogen and oxygen atoms in total. The lowest BCUT2D eigenvalue weighted by molar-refractivity contribution is -0.159. The number of esters is 1. The Hall–Kier alpha value is -2.17. The molecule has 4 heteroatoms. The molecule has 0 amide bonds. The van der Waals surface area contributed by atoms with E-state index in [0.717, 1.165) is 26.2 Å². The second kappa shape index (κ2) is 7.81. The number of hydrogen-bond acceptors (Lipinski definition) is 4. The molecule has 0 spiro atoms. The molecule has 1 saturated heterocycles. The van der Waals surface area contributed by atoms with Crippen LogP contribution >= 0.6 is 0 Å². The van der Waals surface area contributed by atoms with Crippen molar-refractivity contribution in [1.82, 2.24) is 9.80 Å². The summed E-state index contributed by atoms with van der Waals surface area (Å²) in [5, 5.41) is 0. The molecule has 0 saturated carbocycles. The summed E-state index contributed by atoms with van der Waals surface area (Å²) in [6.07, 6.45) is 0. The second-order valence-corrected chi connectivity index (χ2v) is 6.87. The van der Waals surface area contributed by atoms with E-state index in [4.69, 9.17) is 4.74 Å². The number of carbonyl (C=O) groups is 1. The molecule has 0 aromatic heterocycles. The van der Waals surface area contributed by atoms with Crippen LogP contribution in [-0.2, 0) is 22.6 Å². The van der Waals surface area contributed by atoms with Crippen molar-refractivity contribution in [2.75, 3.05) is 26.7 Å². The molecule has 25 heavy (non-hydrogen) atoms. The Bertz CT molecular complexity index is 690. The van der Waals surface area contributed by atoms with Crippen LogP contribution in [0, 0.1) is 0 Å². The Labute approximate surface area is 150 Å². The number of piperazine rings is 1. The van der Waals surface area contributed by atoms with E-state index in [1.165, 1.54) is 18.2 Å². The summed E-state index contributed by atoms with van der Waals surface area (Å²) in [6, 6.07) is 20.7. The molecule has 1 atom stereocenters. The van der Waals surface area contributed by atoms with Crippen molar-refractivity contribution in [3.8, 4) is 0 Å². The fourth-order valence-corrected chi connectivity index (χ4v) is 3.57. The molecule has 0 bridgehead atoms. The molecule has 2 aromatic rings. The van der Waals surface area contributed by atoms with Gasteiger partial charge in [-0.15, -0.1) is 0 Å². The van der Waals surface area contributed by atoms with Gasteiger partial charge in [-0.3, -0.25) is 14.6 Å². The van der Waals surface area contributed by atoms with Crippen LogP contribution in [0.4, 0.5) is 0 Å². The summed E-state index contributed by atoms with van der Waals surface area (Å²) >= 11 is 0. The van der Waals surface area contributed by atoms with Crippen LogP contribution in [0.1, 0.15) is 18.1 Å². The van der Waals surface area contributed by atoms with Crippen molar-refractivity contribution >= 4 is 5.97 Å². The topological polar surface area (TPSA) is 32.8 Å². The first kappa shape index (κ1) is 17.6. The maximum atomic E-state index is 12.6. The van der Waals surface area contributed by atoms with Gasteiger partial charge in [-0.05, 0) is 18.1 Å². The third-order valence-electron chi connectivity index (χ3n) is 5.01. The van der Waals surface area contributed by atoms with Crippen molar-refractivity contribution in [3.05, 3.63) is 71.8 Å². The van der Waals surface area contributed by atoms with E-state index in [2.05, 4.69) is 46.2 Å². The third kappa shape index (κ3) is 4.09. The van der Waals surface area contributed by atoms with Gasteiger partial charge in [0.1, 0.15) is 5.54 Å². The van der Waals surface area contributed by atoms with E-state index in [-0.39, 0.29) is 5.97 Å². The van der Waals surface area contributed by atoms with E-state index in [0.29, 0.717) is 6.54 Å². The quantitative estimate of drug-likeness (QED) is 0.785. The van der Waals surface area contributed by atoms with E-state index in [9.17, 15) is 4.79 Å². The van der Waals surface area contributed by atoms with Gasteiger partial charge in [-0.25, -0.2) is 0 Å². The van der Waals surface area contributed by atoms with Gasteiger partial charge in [0.15, 0.2) is 0 Å². The summed E-state index contributed by atoms with van der Waals surface area (Å²) < 4.78 is 5.15. The average Bonchev–Trinajstić information content (AvgIpc) is 2.65. The van der Waals surface area contributed by atoms with Crippen molar-refractivity contribution in [3.63, 3.8) is 0 Å². The molecule has 132 valence electrons. The number of methoxy groups -OCH3 is 1. The third-order valence-corrected chi connectivity index (χ3v) is 5.01. The molecule has 1 aliphatic rings. The highest BCUT2D eigenvalue weighted by molar-refractivity contribution is 5.80. The van der Waals surface area contributed by atoms with Crippen molar-refractivity contribution in [1.29, 1.82) is 0 Å². The van der Waals surface area contributed by atoms with Gasteiger partial charge in [0, 0.05) is 32.7 Å². The van der Waals surface area contributed by atoms with Gasteiger partial charge < -0.3 is 4.74 Å². The fourth-order valence-electron chi connectivity index (χ4n) is 3.57. The van der Waals surface area contributed by atoms with Crippen molar-refractivity contribution in [2.45, 2.75) is 25.6 Å². The number of carbonyl (C=O) groups excluding carboxylic acids is 1. The summed E-state index contributed by atoms with van der Waals surface area (Å²) in [5.74, 6) is -0.166. The first-order valence-corrected chi connectivity index (χ1v) is 8.75. The summed E-state index contributed by atoms with van der Waals surface area (Å²) in [6.45, 7) is 6.06. The standard InChI is InChI=1S/C21H26N2O2/c1-21(20(24)25-2)17-22(15-18-9-5-3-6-10-18)13-14-23(21)16-19-11-7-4-8-12-19/h3-12H,13-17H2,1-2H3. The number of benzene rings is 2. The molecule has 1 fully saturated rings. The van der Waals surface area contributed by atoms with E-state index in [1.807, 2.05) is 31.2 Å². The smallest absolute Gasteiger partial charge is 0.327 e. The molecular formula is C21H26N2O2. The monoisotopic (exact) mass is 338 g/mol. The Morgan fingerprint density at radius 1 is 0.960 bits per heavy atom. The molecular weight excluding hydrogens is 312 g/mol. The molecule has 0 aliphatic carbocycles. The lowest BCUT2D eigenvalue weighted by atomic mass is 9.94. The van der Waals surface area contributed by atoms with Crippen LogP contribution in [0.3, 0.4) is 0 Å². The fraction of sp³-hybridized carbons (Fsp3) is 0.381. The largest absolute Gasteiger partial charge is 0.468 e. The number of hydrogen-bond donors (Lipinski definition) is 0. The predicted molar refractivity (Wildman–Crippen MR) is 99.0 cm³/mol. The van der Waals surface area contributed by atoms with Crippen molar-refractivity contribution in [2.24, 2.45) is 0 Å². The lowest BCUT2D eigenvalue weighted by Gasteiger charge is -2.47. The number of ether oxygens (including phenoxy) is 1. The van der Waals surface area contributed by atoms with Gasteiger partial charge in [0.05, 0.1) is 7.11 Å². The Balaban J connectivity index is 1.76. The number of rotatable bonds is 5. The maximum Gasteiger partial charge on any atom is 0.327 e. The van der Waals surface area contributed by atoms with Crippen LogP contribution in [0.25, 0.3) is 0 Å². The Morgan fingerprint density at radius 2 is 1.52 bits per heavy atom. The van der Waals surface area contributed by atoms with E-state index >= 15 is 0 Å². The zero-order valence-electron chi connectivity index (χ0n) is 15.0. The second-order valence-electron chi connectivity index (χ2n) is 6.87. The minimum atomic E-state index is -0.641. The molecule has 3 rings (SSSR count). The highest BCUT2D eigenvalue weighted by atomic mass is 16.5. The zero-order chi connectivity index (χ0) is 17.7. The molecule has 2 aromatic carbocycles. The molecule has 1 unspecified atom stereocenters. The summed E-state index contributed by atoms with van der Waals surface area (Å²) in [7, 11) is 1.48.